The first-order chi connectivity index (χ1) is 14.2. The third kappa shape index (κ3) is 4.94. The smallest absolute Gasteiger partial charge is 0.344 e. The first-order valence-electron chi connectivity index (χ1n) is 9.07. The number of nitrogens with two attached hydrogens (primary N) is 1. The van der Waals surface area contributed by atoms with Gasteiger partial charge in [0, 0.05) is 13.6 Å². The Morgan fingerprint density at radius 1 is 1.20 bits per heavy atom. The molecule has 0 aliphatic rings. The number of hydrogen-bond acceptors (Lipinski definition) is 8. The SMILES string of the molecule is CC(C)Cn1c(N)c(C(=O)COC(=O)COc2ccccc2C#N)c(=O)n(C)c1=O. The summed E-state index contributed by atoms with van der Waals surface area (Å²) in [4.78, 5) is 49.0. The summed E-state index contributed by atoms with van der Waals surface area (Å²) in [5.74, 6) is -1.74. The highest BCUT2D eigenvalue weighted by Crippen LogP contribution is 2.16. The van der Waals surface area contributed by atoms with Crippen molar-refractivity contribution in [2.45, 2.75) is 20.4 Å². The van der Waals surface area contributed by atoms with Crippen molar-refractivity contribution in [1.82, 2.24) is 9.13 Å². The van der Waals surface area contributed by atoms with E-state index in [1.54, 1.807) is 12.1 Å². The number of para-hydroxylation sites is 1. The van der Waals surface area contributed by atoms with E-state index in [1.807, 2.05) is 19.9 Å². The van der Waals surface area contributed by atoms with Crippen LogP contribution in [0.5, 0.6) is 5.75 Å². The number of benzene rings is 1. The Bertz CT molecular complexity index is 1120. The van der Waals surface area contributed by atoms with Crippen LogP contribution in [0.15, 0.2) is 33.9 Å². The van der Waals surface area contributed by atoms with Gasteiger partial charge in [-0.05, 0) is 18.1 Å². The molecule has 0 saturated carbocycles. The van der Waals surface area contributed by atoms with Gasteiger partial charge < -0.3 is 15.2 Å². The normalized spacial score (nSPS) is 10.5. The molecular formula is C20H22N4O6. The third-order valence-electron chi connectivity index (χ3n) is 4.13. The van der Waals surface area contributed by atoms with Crippen LogP contribution in [0, 0.1) is 17.2 Å². The number of hydrogen-bond donors (Lipinski definition) is 1. The number of nitrogens with zero attached hydrogens (tertiary/aromatic N) is 3. The number of nitrogen functional groups attached to an aromatic ring is 1. The van der Waals surface area contributed by atoms with Gasteiger partial charge in [-0.2, -0.15) is 5.26 Å². The fourth-order valence-electron chi connectivity index (χ4n) is 2.67. The second-order valence-electron chi connectivity index (χ2n) is 6.89. The molecule has 0 aliphatic carbocycles. The highest BCUT2D eigenvalue weighted by molar-refractivity contribution is 6.01. The van der Waals surface area contributed by atoms with E-state index in [0.29, 0.717) is 0 Å². The average Bonchev–Trinajstić information content (AvgIpc) is 2.72. The Kier molecular flexibility index (Phi) is 7.14. The number of rotatable bonds is 8. The summed E-state index contributed by atoms with van der Waals surface area (Å²) in [6.07, 6.45) is 0. The van der Waals surface area contributed by atoms with Crippen LogP contribution in [0.4, 0.5) is 5.82 Å². The largest absolute Gasteiger partial charge is 0.481 e. The minimum Gasteiger partial charge on any atom is -0.481 e. The highest BCUT2D eigenvalue weighted by atomic mass is 16.6. The predicted molar refractivity (Wildman–Crippen MR) is 107 cm³/mol. The van der Waals surface area contributed by atoms with E-state index in [2.05, 4.69) is 0 Å². The number of ketones is 1. The molecule has 0 spiro atoms. The predicted octanol–water partition coefficient (Wildman–Crippen LogP) is 0.462. The lowest BCUT2D eigenvalue weighted by Gasteiger charge is -2.16. The molecule has 0 radical (unpaired) electrons. The van der Waals surface area contributed by atoms with Crippen molar-refractivity contribution < 1.29 is 19.1 Å². The van der Waals surface area contributed by atoms with Gasteiger partial charge in [0.05, 0.1) is 5.56 Å². The van der Waals surface area contributed by atoms with E-state index in [9.17, 15) is 19.2 Å². The number of anilines is 1. The van der Waals surface area contributed by atoms with Crippen LogP contribution >= 0.6 is 0 Å². The van der Waals surface area contributed by atoms with Crippen molar-refractivity contribution >= 4 is 17.6 Å². The van der Waals surface area contributed by atoms with Crippen LogP contribution in [-0.4, -0.2) is 34.1 Å². The average molecular weight is 414 g/mol. The van der Waals surface area contributed by atoms with E-state index in [-0.39, 0.29) is 29.6 Å². The summed E-state index contributed by atoms with van der Waals surface area (Å²) in [6, 6.07) is 8.24. The van der Waals surface area contributed by atoms with Crippen LogP contribution in [0.3, 0.4) is 0 Å². The number of aromatic nitrogens is 2. The van der Waals surface area contributed by atoms with Gasteiger partial charge in [-0.1, -0.05) is 26.0 Å². The molecule has 1 aromatic heterocycles. The Hall–Kier alpha value is -3.87. The molecule has 0 aliphatic heterocycles. The van der Waals surface area contributed by atoms with Crippen LogP contribution in [0.25, 0.3) is 0 Å². The van der Waals surface area contributed by atoms with Gasteiger partial charge in [0.15, 0.2) is 13.2 Å². The van der Waals surface area contributed by atoms with E-state index in [4.69, 9.17) is 20.5 Å². The Labute approximate surface area is 172 Å². The fraction of sp³-hybridized carbons (Fsp3) is 0.350. The Morgan fingerprint density at radius 3 is 2.50 bits per heavy atom. The molecule has 10 heteroatoms. The second-order valence-corrected chi connectivity index (χ2v) is 6.89. The number of carbonyl (C=O) groups is 2. The summed E-state index contributed by atoms with van der Waals surface area (Å²) in [7, 11) is 1.24. The zero-order chi connectivity index (χ0) is 22.4. The molecule has 0 bridgehead atoms. The van der Waals surface area contributed by atoms with Crippen LogP contribution in [0.1, 0.15) is 29.8 Å². The molecule has 0 unspecified atom stereocenters. The number of ether oxygens (including phenoxy) is 2. The summed E-state index contributed by atoms with van der Waals surface area (Å²) in [5, 5.41) is 9.00. The maximum atomic E-state index is 12.5. The van der Waals surface area contributed by atoms with Gasteiger partial charge >= 0.3 is 11.7 Å². The quantitative estimate of drug-likeness (QED) is 0.484. The van der Waals surface area contributed by atoms with Gasteiger partial charge in [0.2, 0.25) is 5.78 Å². The van der Waals surface area contributed by atoms with Crippen molar-refractivity contribution in [3.05, 3.63) is 56.2 Å². The molecule has 30 heavy (non-hydrogen) atoms. The molecule has 0 fully saturated rings. The second kappa shape index (κ2) is 9.56. The summed E-state index contributed by atoms with van der Waals surface area (Å²) >= 11 is 0. The van der Waals surface area contributed by atoms with E-state index in [1.165, 1.54) is 19.2 Å². The molecule has 0 saturated heterocycles. The monoisotopic (exact) mass is 414 g/mol. The first-order valence-corrected chi connectivity index (χ1v) is 9.07. The molecule has 2 aromatic rings. The number of carbonyl (C=O) groups excluding carboxylic acids is 2. The molecular weight excluding hydrogens is 392 g/mol. The van der Waals surface area contributed by atoms with E-state index in [0.717, 1.165) is 9.13 Å². The van der Waals surface area contributed by atoms with E-state index < -0.39 is 41.8 Å². The molecule has 0 atom stereocenters. The van der Waals surface area contributed by atoms with Crippen molar-refractivity contribution in [3.8, 4) is 11.8 Å². The number of nitriles is 1. The van der Waals surface area contributed by atoms with Crippen LogP contribution < -0.4 is 21.7 Å². The summed E-state index contributed by atoms with van der Waals surface area (Å²) in [6.45, 7) is 2.63. The molecule has 0 amide bonds. The maximum absolute atomic E-state index is 12.5. The zero-order valence-corrected chi connectivity index (χ0v) is 16.9. The van der Waals surface area contributed by atoms with Crippen LogP contribution in [-0.2, 0) is 23.1 Å². The van der Waals surface area contributed by atoms with Crippen molar-refractivity contribution in [1.29, 1.82) is 5.26 Å². The lowest BCUT2D eigenvalue weighted by atomic mass is 10.1. The van der Waals surface area contributed by atoms with Gasteiger partial charge in [0.1, 0.15) is 23.2 Å². The third-order valence-corrected chi connectivity index (χ3v) is 4.13. The molecule has 1 aromatic carbocycles. The molecule has 2 rings (SSSR count). The lowest BCUT2D eigenvalue weighted by Crippen LogP contribution is -2.43. The minimum atomic E-state index is -0.873. The van der Waals surface area contributed by atoms with Gasteiger partial charge in [-0.15, -0.1) is 0 Å². The van der Waals surface area contributed by atoms with Gasteiger partial charge in [-0.3, -0.25) is 18.7 Å². The Morgan fingerprint density at radius 2 is 1.87 bits per heavy atom. The maximum Gasteiger partial charge on any atom is 0.344 e. The zero-order valence-electron chi connectivity index (χ0n) is 16.9. The van der Waals surface area contributed by atoms with Crippen molar-refractivity contribution in [2.75, 3.05) is 18.9 Å². The van der Waals surface area contributed by atoms with Crippen molar-refractivity contribution in [3.63, 3.8) is 0 Å². The summed E-state index contributed by atoms with van der Waals surface area (Å²) < 4.78 is 12.0. The standard InChI is InChI=1S/C20H22N4O6/c1-12(2)9-24-18(22)17(19(27)23(3)20(24)28)14(25)10-30-16(26)11-29-15-7-5-4-6-13(15)8-21/h4-7,12H,9-11,22H2,1-3H3. The first kappa shape index (κ1) is 22.4. The minimum absolute atomic E-state index is 0.0386. The molecule has 158 valence electrons. The van der Waals surface area contributed by atoms with Crippen molar-refractivity contribution in [2.24, 2.45) is 13.0 Å². The Balaban J connectivity index is 2.12. The lowest BCUT2D eigenvalue weighted by molar-refractivity contribution is -0.144. The fourth-order valence-corrected chi connectivity index (χ4v) is 2.67. The molecule has 10 nitrogen and oxygen atoms in total. The van der Waals surface area contributed by atoms with Gasteiger partial charge in [0.25, 0.3) is 5.56 Å². The number of esters is 1. The topological polar surface area (TPSA) is 146 Å². The van der Waals surface area contributed by atoms with Gasteiger partial charge in [-0.25, -0.2) is 9.59 Å². The number of Topliss-reactive ketones (excluding diaryl/α,β-unsaturated/α-hetero) is 1. The molecule has 2 N–H and O–H groups in total. The summed E-state index contributed by atoms with van der Waals surface area (Å²) in [5.41, 5.74) is 4.24. The van der Waals surface area contributed by atoms with Crippen LogP contribution in [0.2, 0.25) is 0 Å². The highest BCUT2D eigenvalue weighted by Gasteiger charge is 2.23. The van der Waals surface area contributed by atoms with E-state index >= 15 is 0 Å². The molecule has 1 heterocycles.